The molecule has 3 heterocycles. The van der Waals surface area contributed by atoms with E-state index in [0.717, 1.165) is 23.7 Å². The molecular weight excluding hydrogens is 514 g/mol. The van der Waals surface area contributed by atoms with Gasteiger partial charge in [-0.25, -0.2) is 17.2 Å². The van der Waals surface area contributed by atoms with Gasteiger partial charge in [0.1, 0.15) is 17.2 Å². The number of hydrogen-bond acceptors (Lipinski definition) is 8. The maximum atomic E-state index is 15.0. The first-order chi connectivity index (χ1) is 18.1. The van der Waals surface area contributed by atoms with Crippen molar-refractivity contribution in [2.45, 2.75) is 0 Å². The van der Waals surface area contributed by atoms with Gasteiger partial charge in [0.25, 0.3) is 0 Å². The number of sulfonamides is 1. The van der Waals surface area contributed by atoms with Crippen LogP contribution in [0.4, 0.5) is 43.3 Å². The topological polar surface area (TPSA) is 109 Å². The summed E-state index contributed by atoms with van der Waals surface area (Å²) in [4.78, 5) is 15.8. The van der Waals surface area contributed by atoms with E-state index in [9.17, 15) is 8.42 Å². The molecule has 4 aromatic rings. The van der Waals surface area contributed by atoms with Crippen LogP contribution in [0.5, 0.6) is 0 Å². The number of halogens is 2. The largest absolute Gasteiger partial charge is 0.364 e. The fourth-order valence-corrected chi connectivity index (χ4v) is 4.87. The molecule has 1 saturated heterocycles. The van der Waals surface area contributed by atoms with Crippen molar-refractivity contribution in [3.8, 4) is 0 Å². The van der Waals surface area contributed by atoms with E-state index >= 15 is 8.78 Å². The molecule has 1 aliphatic heterocycles. The minimum atomic E-state index is -3.51. The van der Waals surface area contributed by atoms with Crippen LogP contribution in [0.3, 0.4) is 0 Å². The molecule has 10 nitrogen and oxygen atoms in total. The van der Waals surface area contributed by atoms with E-state index in [1.54, 1.807) is 41.4 Å². The Bertz CT molecular complexity index is 1560. The lowest BCUT2D eigenvalue weighted by Gasteiger charge is -2.34. The summed E-state index contributed by atoms with van der Waals surface area (Å²) in [6, 6.07) is 11.1. The lowest BCUT2D eigenvalue weighted by Crippen LogP contribution is -2.45. The van der Waals surface area contributed by atoms with Crippen molar-refractivity contribution >= 4 is 55.6 Å². The maximum Gasteiger partial charge on any atom is 0.232 e. The lowest BCUT2D eigenvalue weighted by atomic mass is 10.2. The van der Waals surface area contributed by atoms with E-state index in [1.807, 2.05) is 7.05 Å². The lowest BCUT2D eigenvalue weighted by molar-refractivity contribution is 0.310. The van der Waals surface area contributed by atoms with Gasteiger partial charge in [-0.3, -0.25) is 4.31 Å². The number of para-hydroxylation sites is 2. The molecule has 3 N–H and O–H groups in total. The molecular formula is C25H28F2N8O2S. The van der Waals surface area contributed by atoms with Crippen LogP contribution in [0.2, 0.25) is 0 Å². The minimum absolute atomic E-state index is 0.0432. The molecule has 2 aromatic carbocycles. The van der Waals surface area contributed by atoms with Gasteiger partial charge in [0, 0.05) is 45.1 Å². The SMILES string of the molecule is CN1CCN(c2c(F)cc(Nc3nc(Nc4ccccc4N(C)S(C)(=O)=O)c4cc[nH]c4n3)cc2F)CC1. The Labute approximate surface area is 219 Å². The number of fused-ring (bicyclic) bond motifs is 1. The van der Waals surface area contributed by atoms with E-state index in [-0.39, 0.29) is 17.3 Å². The summed E-state index contributed by atoms with van der Waals surface area (Å²) >= 11 is 0. The molecule has 1 fully saturated rings. The second kappa shape index (κ2) is 10.1. The molecule has 0 amide bonds. The van der Waals surface area contributed by atoms with Crippen LogP contribution in [-0.4, -0.2) is 74.8 Å². The third-order valence-electron chi connectivity index (χ3n) is 6.50. The maximum absolute atomic E-state index is 15.0. The second-order valence-electron chi connectivity index (χ2n) is 9.21. The number of H-pyrrole nitrogens is 1. The van der Waals surface area contributed by atoms with Gasteiger partial charge in [0.2, 0.25) is 16.0 Å². The van der Waals surface area contributed by atoms with Gasteiger partial charge in [0.15, 0.2) is 11.6 Å². The molecule has 0 radical (unpaired) electrons. The zero-order valence-electron chi connectivity index (χ0n) is 21.2. The second-order valence-corrected chi connectivity index (χ2v) is 11.2. The molecule has 2 aromatic heterocycles. The third kappa shape index (κ3) is 5.20. The number of aromatic nitrogens is 3. The van der Waals surface area contributed by atoms with Crippen molar-refractivity contribution in [3.63, 3.8) is 0 Å². The number of aromatic amines is 1. The normalized spacial score (nSPS) is 14.6. The average molecular weight is 543 g/mol. The molecule has 0 aliphatic carbocycles. The number of nitrogens with one attached hydrogen (secondary N) is 3. The van der Waals surface area contributed by atoms with Crippen molar-refractivity contribution < 1.29 is 17.2 Å². The van der Waals surface area contributed by atoms with Crippen LogP contribution >= 0.6 is 0 Å². The van der Waals surface area contributed by atoms with Gasteiger partial charge in [-0.1, -0.05) is 12.1 Å². The Morgan fingerprint density at radius 2 is 1.68 bits per heavy atom. The zero-order valence-corrected chi connectivity index (χ0v) is 22.0. The van der Waals surface area contributed by atoms with Crippen molar-refractivity contribution in [3.05, 3.63) is 60.3 Å². The Balaban J connectivity index is 1.46. The number of benzene rings is 2. The number of anilines is 6. The van der Waals surface area contributed by atoms with E-state index < -0.39 is 21.7 Å². The van der Waals surface area contributed by atoms with Crippen molar-refractivity contribution in [2.75, 3.05) is 66.4 Å². The van der Waals surface area contributed by atoms with Gasteiger partial charge >= 0.3 is 0 Å². The quantitative estimate of drug-likeness (QED) is 0.323. The van der Waals surface area contributed by atoms with E-state index in [1.165, 1.54) is 19.2 Å². The number of rotatable bonds is 7. The first-order valence-electron chi connectivity index (χ1n) is 11.9. The molecule has 200 valence electrons. The van der Waals surface area contributed by atoms with Gasteiger partial charge in [-0.15, -0.1) is 0 Å². The Kier molecular flexibility index (Phi) is 6.80. The highest BCUT2D eigenvalue weighted by Crippen LogP contribution is 2.33. The van der Waals surface area contributed by atoms with Gasteiger partial charge in [0.05, 0.1) is 23.0 Å². The summed E-state index contributed by atoms with van der Waals surface area (Å²) in [6.45, 7) is 2.52. The van der Waals surface area contributed by atoms with E-state index in [2.05, 4.69) is 30.5 Å². The van der Waals surface area contributed by atoms with Crippen LogP contribution < -0.4 is 19.8 Å². The zero-order chi connectivity index (χ0) is 27.0. The van der Waals surface area contributed by atoms with Crippen LogP contribution in [-0.2, 0) is 10.0 Å². The predicted octanol–water partition coefficient (Wildman–Crippen LogP) is 3.87. The molecule has 1 aliphatic rings. The smallest absolute Gasteiger partial charge is 0.232 e. The molecule has 0 saturated carbocycles. The van der Waals surface area contributed by atoms with Gasteiger partial charge in [-0.05, 0) is 37.4 Å². The van der Waals surface area contributed by atoms with Crippen molar-refractivity contribution in [1.29, 1.82) is 0 Å². The van der Waals surface area contributed by atoms with Crippen LogP contribution in [0, 0.1) is 11.6 Å². The predicted molar refractivity (Wildman–Crippen MR) is 146 cm³/mol. The molecule has 5 rings (SSSR count). The molecule has 0 unspecified atom stereocenters. The Hall–Kier alpha value is -3.97. The summed E-state index contributed by atoms with van der Waals surface area (Å²) in [5.74, 6) is -0.867. The monoisotopic (exact) mass is 542 g/mol. The number of nitrogens with zero attached hydrogens (tertiary/aromatic N) is 5. The first kappa shape index (κ1) is 25.7. The summed E-state index contributed by atoms with van der Waals surface area (Å²) < 4.78 is 55.5. The van der Waals surface area contributed by atoms with E-state index in [0.29, 0.717) is 41.3 Å². The fourth-order valence-electron chi connectivity index (χ4n) is 4.35. The average Bonchev–Trinajstić information content (AvgIpc) is 3.33. The number of likely N-dealkylation sites (N-methyl/N-ethyl adjacent to an activating group) is 1. The first-order valence-corrected chi connectivity index (χ1v) is 13.8. The standard InChI is InChI=1S/C25H28F2N8O2S/c1-33-10-12-35(13-11-33)22-18(26)14-16(15-19(22)27)29-25-31-23-17(8-9-28-23)24(32-25)30-20-6-4-5-7-21(20)34(2)38(3,36)37/h4-9,14-15H,10-13H2,1-3H3,(H3,28,29,30,31,32). The van der Waals surface area contributed by atoms with Crippen molar-refractivity contribution in [2.24, 2.45) is 0 Å². The Morgan fingerprint density at radius 1 is 1.00 bits per heavy atom. The summed E-state index contributed by atoms with van der Waals surface area (Å²) in [5, 5.41) is 6.73. The summed E-state index contributed by atoms with van der Waals surface area (Å²) in [7, 11) is -0.0709. The summed E-state index contributed by atoms with van der Waals surface area (Å²) in [5.41, 5.74) is 1.52. The van der Waals surface area contributed by atoms with Crippen molar-refractivity contribution in [1.82, 2.24) is 19.9 Å². The molecule has 38 heavy (non-hydrogen) atoms. The van der Waals surface area contributed by atoms with Crippen LogP contribution in [0.1, 0.15) is 0 Å². The highest BCUT2D eigenvalue weighted by molar-refractivity contribution is 7.92. The minimum Gasteiger partial charge on any atom is -0.364 e. The third-order valence-corrected chi connectivity index (χ3v) is 7.69. The van der Waals surface area contributed by atoms with Crippen LogP contribution in [0.15, 0.2) is 48.7 Å². The molecule has 0 bridgehead atoms. The van der Waals surface area contributed by atoms with Gasteiger partial charge in [-0.2, -0.15) is 9.97 Å². The molecule has 0 atom stereocenters. The fraction of sp³-hybridized carbons (Fsp3) is 0.280. The van der Waals surface area contributed by atoms with Crippen LogP contribution in [0.25, 0.3) is 11.0 Å². The van der Waals surface area contributed by atoms with E-state index in [4.69, 9.17) is 0 Å². The number of piperazine rings is 1. The summed E-state index contributed by atoms with van der Waals surface area (Å²) in [6.07, 6.45) is 2.81. The highest BCUT2D eigenvalue weighted by atomic mass is 32.2. The Morgan fingerprint density at radius 3 is 2.37 bits per heavy atom. The molecule has 13 heteroatoms. The van der Waals surface area contributed by atoms with Gasteiger partial charge < -0.3 is 25.4 Å². The number of hydrogen-bond donors (Lipinski definition) is 3. The highest BCUT2D eigenvalue weighted by Gasteiger charge is 2.22. The molecule has 0 spiro atoms.